The van der Waals surface area contributed by atoms with Crippen LogP contribution in [0.25, 0.3) is 0 Å². The first-order valence-corrected chi connectivity index (χ1v) is 6.51. The SMILES string of the molecule is CNC(=O)c1ccc(CN(C)C(=O)c2cc(C)no2)cc1. The van der Waals surface area contributed by atoms with Crippen LogP contribution in [0.15, 0.2) is 34.9 Å². The van der Waals surface area contributed by atoms with E-state index in [0.29, 0.717) is 17.8 Å². The highest BCUT2D eigenvalue weighted by atomic mass is 16.5. The van der Waals surface area contributed by atoms with Gasteiger partial charge in [-0.05, 0) is 24.6 Å². The van der Waals surface area contributed by atoms with E-state index in [4.69, 9.17) is 4.52 Å². The minimum atomic E-state index is -0.231. The minimum absolute atomic E-state index is 0.136. The van der Waals surface area contributed by atoms with Gasteiger partial charge in [0.15, 0.2) is 0 Å². The third-order valence-electron chi connectivity index (χ3n) is 3.05. The number of rotatable bonds is 4. The second kappa shape index (κ2) is 6.21. The first-order chi connectivity index (χ1) is 10.0. The lowest BCUT2D eigenvalue weighted by atomic mass is 10.1. The average Bonchev–Trinajstić information content (AvgIpc) is 2.93. The number of aryl methyl sites for hydroxylation is 1. The van der Waals surface area contributed by atoms with Crippen LogP contribution in [0.5, 0.6) is 0 Å². The van der Waals surface area contributed by atoms with Gasteiger partial charge in [-0.25, -0.2) is 0 Å². The standard InChI is InChI=1S/C15H17N3O3/c1-10-8-13(21-17-10)15(20)18(3)9-11-4-6-12(7-5-11)14(19)16-2/h4-8H,9H2,1-3H3,(H,16,19). The highest BCUT2D eigenvalue weighted by Gasteiger charge is 2.16. The molecule has 0 saturated heterocycles. The smallest absolute Gasteiger partial charge is 0.292 e. The number of amides is 2. The number of carbonyl (C=O) groups is 2. The third kappa shape index (κ3) is 3.47. The Labute approximate surface area is 122 Å². The molecule has 0 unspecified atom stereocenters. The van der Waals surface area contributed by atoms with Crippen molar-refractivity contribution in [1.82, 2.24) is 15.4 Å². The van der Waals surface area contributed by atoms with Crippen molar-refractivity contribution in [1.29, 1.82) is 0 Å². The van der Waals surface area contributed by atoms with Gasteiger partial charge >= 0.3 is 0 Å². The molecule has 0 aliphatic heterocycles. The molecule has 0 radical (unpaired) electrons. The number of carbonyl (C=O) groups excluding carboxylic acids is 2. The van der Waals surface area contributed by atoms with Crippen LogP contribution in [-0.2, 0) is 6.54 Å². The van der Waals surface area contributed by atoms with E-state index < -0.39 is 0 Å². The summed E-state index contributed by atoms with van der Waals surface area (Å²) < 4.78 is 4.96. The van der Waals surface area contributed by atoms with Crippen LogP contribution in [0, 0.1) is 6.92 Å². The largest absolute Gasteiger partial charge is 0.355 e. The van der Waals surface area contributed by atoms with E-state index in [9.17, 15) is 9.59 Å². The fourth-order valence-corrected chi connectivity index (χ4v) is 1.90. The Morgan fingerprint density at radius 2 is 1.95 bits per heavy atom. The van der Waals surface area contributed by atoms with E-state index in [1.807, 2.05) is 12.1 Å². The highest BCUT2D eigenvalue weighted by Crippen LogP contribution is 2.10. The molecule has 1 aromatic heterocycles. The number of hydrogen-bond acceptors (Lipinski definition) is 4. The van der Waals surface area contributed by atoms with Gasteiger partial charge in [-0.1, -0.05) is 17.3 Å². The topological polar surface area (TPSA) is 75.4 Å². The van der Waals surface area contributed by atoms with Crippen LogP contribution in [-0.4, -0.2) is 36.0 Å². The van der Waals surface area contributed by atoms with Crippen LogP contribution in [0.4, 0.5) is 0 Å². The van der Waals surface area contributed by atoms with Crippen molar-refractivity contribution < 1.29 is 14.1 Å². The van der Waals surface area contributed by atoms with Crippen molar-refractivity contribution in [3.63, 3.8) is 0 Å². The summed E-state index contributed by atoms with van der Waals surface area (Å²) >= 11 is 0. The number of benzene rings is 1. The summed E-state index contributed by atoms with van der Waals surface area (Å²) in [6.45, 7) is 2.18. The van der Waals surface area contributed by atoms with Gasteiger partial charge < -0.3 is 14.7 Å². The lowest BCUT2D eigenvalue weighted by Gasteiger charge is -2.15. The molecular weight excluding hydrogens is 270 g/mol. The van der Waals surface area contributed by atoms with Crippen LogP contribution in [0.2, 0.25) is 0 Å². The van der Waals surface area contributed by atoms with Crippen LogP contribution in [0.3, 0.4) is 0 Å². The number of hydrogen-bond donors (Lipinski definition) is 1. The van der Waals surface area contributed by atoms with Gasteiger partial charge in [0.05, 0.1) is 5.69 Å². The zero-order chi connectivity index (χ0) is 15.4. The van der Waals surface area contributed by atoms with Crippen molar-refractivity contribution in [2.45, 2.75) is 13.5 Å². The average molecular weight is 287 g/mol. The van der Waals surface area contributed by atoms with Gasteiger partial charge in [0.2, 0.25) is 5.76 Å². The molecule has 2 amide bonds. The number of aromatic nitrogens is 1. The molecule has 2 aromatic rings. The first-order valence-electron chi connectivity index (χ1n) is 6.51. The molecule has 21 heavy (non-hydrogen) atoms. The minimum Gasteiger partial charge on any atom is -0.355 e. The summed E-state index contributed by atoms with van der Waals surface area (Å²) in [7, 11) is 3.27. The number of nitrogens with zero attached hydrogens (tertiary/aromatic N) is 2. The molecule has 6 nitrogen and oxygen atoms in total. The zero-order valence-electron chi connectivity index (χ0n) is 12.2. The van der Waals surface area contributed by atoms with Gasteiger partial charge in [-0.2, -0.15) is 0 Å². The summed E-state index contributed by atoms with van der Waals surface area (Å²) in [4.78, 5) is 25.1. The Kier molecular flexibility index (Phi) is 4.37. The fourth-order valence-electron chi connectivity index (χ4n) is 1.90. The van der Waals surface area contributed by atoms with Gasteiger partial charge in [-0.3, -0.25) is 9.59 Å². The van der Waals surface area contributed by atoms with Crippen molar-refractivity contribution in [3.05, 3.63) is 52.9 Å². The molecular formula is C15H17N3O3. The Bertz CT molecular complexity index is 646. The Morgan fingerprint density at radius 1 is 1.29 bits per heavy atom. The van der Waals surface area contributed by atoms with E-state index in [1.165, 1.54) is 4.90 Å². The molecule has 1 heterocycles. The molecule has 110 valence electrons. The van der Waals surface area contributed by atoms with E-state index in [0.717, 1.165) is 5.56 Å². The molecule has 0 saturated carbocycles. The third-order valence-corrected chi connectivity index (χ3v) is 3.05. The summed E-state index contributed by atoms with van der Waals surface area (Å²) in [5.74, 6) is -0.147. The van der Waals surface area contributed by atoms with Crippen LogP contribution >= 0.6 is 0 Å². The van der Waals surface area contributed by atoms with Crippen molar-refractivity contribution in [2.24, 2.45) is 0 Å². The van der Waals surface area contributed by atoms with Gasteiger partial charge in [-0.15, -0.1) is 0 Å². The van der Waals surface area contributed by atoms with E-state index in [2.05, 4.69) is 10.5 Å². The van der Waals surface area contributed by atoms with Gasteiger partial charge in [0, 0.05) is 32.3 Å². The van der Waals surface area contributed by atoms with E-state index >= 15 is 0 Å². The maximum absolute atomic E-state index is 12.1. The molecule has 0 aliphatic rings. The summed E-state index contributed by atoms with van der Waals surface area (Å²) in [6.07, 6.45) is 0. The predicted molar refractivity (Wildman–Crippen MR) is 76.9 cm³/mol. The predicted octanol–water partition coefficient (Wildman–Crippen LogP) is 1.61. The molecule has 0 spiro atoms. The summed E-state index contributed by atoms with van der Waals surface area (Å²) in [5, 5.41) is 6.26. The van der Waals surface area contributed by atoms with Crippen molar-refractivity contribution in [2.75, 3.05) is 14.1 Å². The molecule has 2 rings (SSSR count). The van der Waals surface area contributed by atoms with Crippen molar-refractivity contribution >= 4 is 11.8 Å². The maximum Gasteiger partial charge on any atom is 0.292 e. The number of nitrogens with one attached hydrogen (secondary N) is 1. The molecule has 0 aliphatic carbocycles. The van der Waals surface area contributed by atoms with Crippen LogP contribution < -0.4 is 5.32 Å². The Hall–Kier alpha value is -2.63. The second-order valence-corrected chi connectivity index (χ2v) is 4.77. The van der Waals surface area contributed by atoms with Crippen molar-refractivity contribution in [3.8, 4) is 0 Å². The molecule has 6 heteroatoms. The lowest BCUT2D eigenvalue weighted by Crippen LogP contribution is -2.26. The van der Waals surface area contributed by atoms with E-state index in [1.54, 1.807) is 39.2 Å². The Balaban J connectivity index is 2.04. The van der Waals surface area contributed by atoms with Gasteiger partial charge in [0.1, 0.15) is 0 Å². The second-order valence-electron chi connectivity index (χ2n) is 4.77. The maximum atomic E-state index is 12.1. The van der Waals surface area contributed by atoms with Crippen LogP contribution in [0.1, 0.15) is 32.2 Å². The normalized spacial score (nSPS) is 10.2. The molecule has 0 fully saturated rings. The molecule has 0 atom stereocenters. The molecule has 0 bridgehead atoms. The quantitative estimate of drug-likeness (QED) is 0.927. The molecule has 1 N–H and O–H groups in total. The highest BCUT2D eigenvalue weighted by molar-refractivity contribution is 5.94. The summed E-state index contributed by atoms with van der Waals surface area (Å²) in [6, 6.07) is 8.70. The van der Waals surface area contributed by atoms with E-state index in [-0.39, 0.29) is 17.6 Å². The monoisotopic (exact) mass is 287 g/mol. The first kappa shape index (κ1) is 14.8. The zero-order valence-corrected chi connectivity index (χ0v) is 12.2. The molecule has 1 aromatic carbocycles. The fraction of sp³-hybridized carbons (Fsp3) is 0.267. The van der Waals surface area contributed by atoms with Gasteiger partial charge in [0.25, 0.3) is 11.8 Å². The lowest BCUT2D eigenvalue weighted by molar-refractivity contribution is 0.0743. The Morgan fingerprint density at radius 3 is 2.48 bits per heavy atom. The summed E-state index contributed by atoms with van der Waals surface area (Å²) in [5.41, 5.74) is 2.18.